The average molecular weight is 547 g/mol. The molecule has 0 spiro atoms. The van der Waals surface area contributed by atoms with Crippen LogP contribution in [0.15, 0.2) is 60.7 Å². The predicted molar refractivity (Wildman–Crippen MR) is 152 cm³/mol. The van der Waals surface area contributed by atoms with E-state index >= 15 is 4.39 Å². The number of carboxylic acid groups (broad SMARTS) is 1. The Kier molecular flexibility index (Phi) is 7.97. The maximum atomic E-state index is 15.1. The topological polar surface area (TPSA) is 55.8 Å². The van der Waals surface area contributed by atoms with Crippen LogP contribution >= 0.6 is 0 Å². The smallest absolute Gasteiger partial charge is 0.303 e. The number of methoxy groups -OCH3 is 1. The van der Waals surface area contributed by atoms with Gasteiger partial charge in [-0.15, -0.1) is 0 Å². The summed E-state index contributed by atoms with van der Waals surface area (Å²) in [6.07, 6.45) is 7.09. The fourth-order valence-electron chi connectivity index (χ4n) is 5.81. The van der Waals surface area contributed by atoms with Crippen LogP contribution < -0.4 is 9.47 Å². The largest absolute Gasteiger partial charge is 0.497 e. The van der Waals surface area contributed by atoms with E-state index in [1.165, 1.54) is 18.2 Å². The van der Waals surface area contributed by atoms with Crippen molar-refractivity contribution < 1.29 is 28.2 Å². The average Bonchev–Trinajstić information content (AvgIpc) is 3.66. The number of halogens is 2. The van der Waals surface area contributed by atoms with Crippen LogP contribution in [0.1, 0.15) is 75.0 Å². The SMILES string of the molecule is COc1ccc(F)c(-c2ccc(COc3cc(F)cc([C@H](CC(=O)O)CC4CC4)c3)cc2C2=CCCC2(C)C)c1. The minimum absolute atomic E-state index is 0.0318. The molecule has 1 saturated carbocycles. The van der Waals surface area contributed by atoms with Crippen LogP contribution in [0.4, 0.5) is 8.78 Å². The maximum absolute atomic E-state index is 15.1. The lowest BCUT2D eigenvalue weighted by molar-refractivity contribution is -0.137. The van der Waals surface area contributed by atoms with E-state index in [2.05, 4.69) is 19.9 Å². The minimum Gasteiger partial charge on any atom is -0.497 e. The Bertz CT molecular complexity index is 1440. The van der Waals surface area contributed by atoms with E-state index in [-0.39, 0.29) is 30.2 Å². The van der Waals surface area contributed by atoms with Crippen molar-refractivity contribution in [1.29, 1.82) is 0 Å². The quantitative estimate of drug-likeness (QED) is 0.261. The normalized spacial score (nSPS) is 16.9. The second-order valence-electron chi connectivity index (χ2n) is 11.7. The summed E-state index contributed by atoms with van der Waals surface area (Å²) in [6, 6.07) is 15.1. The van der Waals surface area contributed by atoms with Gasteiger partial charge < -0.3 is 14.6 Å². The third kappa shape index (κ3) is 6.38. The van der Waals surface area contributed by atoms with Gasteiger partial charge in [-0.05, 0) is 101 Å². The van der Waals surface area contributed by atoms with Crippen LogP contribution in [0.5, 0.6) is 11.5 Å². The highest BCUT2D eigenvalue weighted by Crippen LogP contribution is 2.47. The monoisotopic (exact) mass is 546 g/mol. The van der Waals surface area contributed by atoms with E-state index in [0.717, 1.165) is 54.4 Å². The molecule has 6 heteroatoms. The number of benzene rings is 3. The van der Waals surface area contributed by atoms with Gasteiger partial charge in [-0.25, -0.2) is 8.78 Å². The number of rotatable bonds is 11. The molecule has 4 nitrogen and oxygen atoms in total. The molecule has 40 heavy (non-hydrogen) atoms. The molecule has 0 aromatic heterocycles. The van der Waals surface area contributed by atoms with Crippen LogP contribution in [0.25, 0.3) is 16.7 Å². The van der Waals surface area contributed by atoms with Crippen molar-refractivity contribution in [2.45, 2.75) is 64.9 Å². The van der Waals surface area contributed by atoms with Crippen molar-refractivity contribution in [2.24, 2.45) is 11.3 Å². The summed E-state index contributed by atoms with van der Waals surface area (Å²) in [4.78, 5) is 11.5. The predicted octanol–water partition coefficient (Wildman–Crippen LogP) is 8.78. The molecular formula is C34H36F2O4. The minimum atomic E-state index is -0.887. The molecule has 5 rings (SSSR count). The van der Waals surface area contributed by atoms with Gasteiger partial charge in [0, 0.05) is 11.6 Å². The van der Waals surface area contributed by atoms with Gasteiger partial charge in [-0.3, -0.25) is 4.79 Å². The fraction of sp³-hybridized carbons (Fsp3) is 0.382. The van der Waals surface area contributed by atoms with Gasteiger partial charge in [0.25, 0.3) is 0 Å². The summed E-state index contributed by atoms with van der Waals surface area (Å²) >= 11 is 0. The zero-order valence-corrected chi connectivity index (χ0v) is 23.3. The summed E-state index contributed by atoms with van der Waals surface area (Å²) in [5, 5.41) is 9.41. The van der Waals surface area contributed by atoms with Gasteiger partial charge in [0.05, 0.1) is 13.5 Å². The Morgan fingerprint density at radius 2 is 1.80 bits per heavy atom. The Morgan fingerprint density at radius 3 is 2.48 bits per heavy atom. The van der Waals surface area contributed by atoms with Crippen molar-refractivity contribution in [2.75, 3.05) is 7.11 Å². The molecule has 210 valence electrons. The lowest BCUT2D eigenvalue weighted by Crippen LogP contribution is -2.10. The van der Waals surface area contributed by atoms with E-state index in [1.54, 1.807) is 25.3 Å². The highest BCUT2D eigenvalue weighted by molar-refractivity contribution is 5.85. The molecule has 1 fully saturated rings. The molecule has 0 heterocycles. The van der Waals surface area contributed by atoms with Crippen LogP contribution in [-0.4, -0.2) is 18.2 Å². The number of hydrogen-bond acceptors (Lipinski definition) is 3. The van der Waals surface area contributed by atoms with E-state index in [9.17, 15) is 14.3 Å². The molecule has 2 aliphatic carbocycles. The maximum Gasteiger partial charge on any atom is 0.303 e. The van der Waals surface area contributed by atoms with Crippen LogP contribution in [0, 0.1) is 23.0 Å². The first-order chi connectivity index (χ1) is 19.1. The molecule has 0 aliphatic heterocycles. The first kappa shape index (κ1) is 27.9. The zero-order valence-electron chi connectivity index (χ0n) is 23.3. The Morgan fingerprint density at radius 1 is 1.00 bits per heavy atom. The Labute approximate surface area is 234 Å². The van der Waals surface area contributed by atoms with Gasteiger partial charge in [0.1, 0.15) is 29.7 Å². The molecule has 1 N–H and O–H groups in total. The van der Waals surface area contributed by atoms with Gasteiger partial charge >= 0.3 is 5.97 Å². The van der Waals surface area contributed by atoms with E-state index < -0.39 is 11.8 Å². The third-order valence-corrected chi connectivity index (χ3v) is 8.19. The standard InChI is InChI=1S/C34H36F2O4/c1-34(2)12-4-5-31(34)29-14-22(8-10-28(29)30-19-26(39-3)9-11-32(30)36)20-40-27-16-24(15-25(35)18-27)23(17-33(37)38)13-21-6-7-21/h5,8-11,14-16,18-19,21,23H,4,6-7,12-13,17,20H2,1-3H3,(H,37,38)/t23-/m0/s1. The zero-order chi connectivity index (χ0) is 28.4. The van der Waals surface area contributed by atoms with Crippen molar-refractivity contribution in [3.63, 3.8) is 0 Å². The number of carbonyl (C=O) groups is 1. The Balaban J connectivity index is 1.45. The first-order valence-electron chi connectivity index (χ1n) is 14.0. The number of hydrogen-bond donors (Lipinski definition) is 1. The van der Waals surface area contributed by atoms with Crippen molar-refractivity contribution in [1.82, 2.24) is 0 Å². The lowest BCUT2D eigenvalue weighted by Gasteiger charge is -2.25. The van der Waals surface area contributed by atoms with Crippen molar-refractivity contribution in [3.05, 3.63) is 89.0 Å². The molecular weight excluding hydrogens is 510 g/mol. The molecule has 2 aliphatic rings. The molecule has 0 saturated heterocycles. The number of ether oxygens (including phenoxy) is 2. The second kappa shape index (κ2) is 11.4. The van der Waals surface area contributed by atoms with Gasteiger partial charge in [-0.2, -0.15) is 0 Å². The molecule has 0 radical (unpaired) electrons. The van der Waals surface area contributed by atoms with Gasteiger partial charge in [-0.1, -0.05) is 44.9 Å². The second-order valence-corrected chi connectivity index (χ2v) is 11.7. The van der Waals surface area contributed by atoms with Crippen LogP contribution in [0.2, 0.25) is 0 Å². The van der Waals surface area contributed by atoms with Crippen LogP contribution in [0.3, 0.4) is 0 Å². The molecule has 0 unspecified atom stereocenters. The first-order valence-corrected chi connectivity index (χ1v) is 14.0. The molecule has 0 bridgehead atoms. The lowest BCUT2D eigenvalue weighted by atomic mass is 9.79. The van der Waals surface area contributed by atoms with E-state index in [4.69, 9.17) is 9.47 Å². The highest BCUT2D eigenvalue weighted by Gasteiger charge is 2.31. The van der Waals surface area contributed by atoms with Gasteiger partial charge in [0.15, 0.2) is 0 Å². The Hall–Kier alpha value is -3.67. The molecule has 1 atom stereocenters. The summed E-state index contributed by atoms with van der Waals surface area (Å²) in [5.41, 5.74) is 4.83. The third-order valence-electron chi connectivity index (χ3n) is 8.19. The van der Waals surface area contributed by atoms with Crippen molar-refractivity contribution in [3.8, 4) is 22.6 Å². The van der Waals surface area contributed by atoms with E-state index in [1.807, 2.05) is 18.2 Å². The highest BCUT2D eigenvalue weighted by atomic mass is 19.1. The van der Waals surface area contributed by atoms with E-state index in [0.29, 0.717) is 28.5 Å². The number of allylic oxidation sites excluding steroid dienone is 2. The molecule has 0 amide bonds. The summed E-state index contributed by atoms with van der Waals surface area (Å²) in [7, 11) is 1.56. The van der Waals surface area contributed by atoms with Crippen molar-refractivity contribution >= 4 is 11.5 Å². The molecule has 3 aromatic carbocycles. The molecule has 3 aromatic rings. The summed E-state index contributed by atoms with van der Waals surface area (Å²) < 4.78 is 41.1. The number of aliphatic carboxylic acids is 1. The summed E-state index contributed by atoms with van der Waals surface area (Å²) in [6.45, 7) is 4.59. The number of carboxylic acids is 1. The van der Waals surface area contributed by atoms with Crippen LogP contribution in [-0.2, 0) is 11.4 Å². The fourth-order valence-corrected chi connectivity index (χ4v) is 5.81. The van der Waals surface area contributed by atoms with Gasteiger partial charge in [0.2, 0.25) is 0 Å². The summed E-state index contributed by atoms with van der Waals surface area (Å²) in [5.74, 6) is -0.439.